The SMILES string of the molecule is CN(C)[C@@H]1CN(c2ncc3c4c(c(-c5ncc(F)c6sc(N)c(C#N)c56)c(F)c3n2)COC4)C[C@H]1O. The van der Waals surface area contributed by atoms with Gasteiger partial charge in [-0.25, -0.2) is 18.7 Å². The summed E-state index contributed by atoms with van der Waals surface area (Å²) in [6.07, 6.45) is 1.99. The first kappa shape index (κ1) is 22.9. The number of anilines is 2. The highest BCUT2D eigenvalue weighted by Gasteiger charge is 2.35. The third-order valence-corrected chi connectivity index (χ3v) is 7.96. The van der Waals surface area contributed by atoms with E-state index in [4.69, 9.17) is 10.5 Å². The summed E-state index contributed by atoms with van der Waals surface area (Å²) in [6.45, 7) is 1.16. The zero-order valence-electron chi connectivity index (χ0n) is 19.4. The molecule has 2 aliphatic rings. The summed E-state index contributed by atoms with van der Waals surface area (Å²) in [6, 6.07) is 1.90. The van der Waals surface area contributed by atoms with Gasteiger partial charge in [0.1, 0.15) is 16.6 Å². The fourth-order valence-corrected chi connectivity index (χ4v) is 6.05. The molecule has 0 bridgehead atoms. The van der Waals surface area contributed by atoms with Crippen molar-refractivity contribution in [3.8, 4) is 17.3 Å². The first-order chi connectivity index (χ1) is 17.3. The lowest BCUT2D eigenvalue weighted by Crippen LogP contribution is -2.38. The Bertz CT molecular complexity index is 1600. The number of fused-ring (bicyclic) bond motifs is 4. The van der Waals surface area contributed by atoms with Crippen LogP contribution in [0.4, 0.5) is 19.7 Å². The minimum atomic E-state index is -0.657. The number of thiophene rings is 1. The Morgan fingerprint density at radius 1 is 1.22 bits per heavy atom. The molecule has 6 rings (SSSR count). The predicted molar refractivity (Wildman–Crippen MR) is 131 cm³/mol. The smallest absolute Gasteiger partial charge is 0.226 e. The van der Waals surface area contributed by atoms with Crippen molar-refractivity contribution >= 4 is 43.3 Å². The van der Waals surface area contributed by atoms with Gasteiger partial charge in [-0.3, -0.25) is 4.98 Å². The number of aromatic nitrogens is 3. The fourth-order valence-electron chi connectivity index (χ4n) is 5.13. The molecule has 0 unspecified atom stereocenters. The number of pyridine rings is 1. The van der Waals surface area contributed by atoms with Gasteiger partial charge in [-0.05, 0) is 25.2 Å². The van der Waals surface area contributed by atoms with Crippen LogP contribution in [-0.4, -0.2) is 64.3 Å². The number of aliphatic hydroxyl groups excluding tert-OH is 1. The molecule has 0 saturated carbocycles. The second-order valence-corrected chi connectivity index (χ2v) is 10.2. The molecule has 1 saturated heterocycles. The summed E-state index contributed by atoms with van der Waals surface area (Å²) in [7, 11) is 3.77. The summed E-state index contributed by atoms with van der Waals surface area (Å²) in [5.41, 5.74) is 7.65. The average Bonchev–Trinajstić information content (AvgIpc) is 3.57. The van der Waals surface area contributed by atoms with E-state index >= 15 is 4.39 Å². The van der Waals surface area contributed by atoms with Crippen LogP contribution in [0.2, 0.25) is 0 Å². The van der Waals surface area contributed by atoms with Crippen molar-refractivity contribution in [1.82, 2.24) is 19.9 Å². The molecule has 9 nitrogen and oxygen atoms in total. The summed E-state index contributed by atoms with van der Waals surface area (Å²) >= 11 is 0.930. The lowest BCUT2D eigenvalue weighted by Gasteiger charge is -2.21. The number of hydrogen-bond donors (Lipinski definition) is 2. The summed E-state index contributed by atoms with van der Waals surface area (Å²) in [5, 5.41) is 21.0. The zero-order chi connectivity index (χ0) is 25.3. The average molecular weight is 510 g/mol. The van der Waals surface area contributed by atoms with Gasteiger partial charge in [0, 0.05) is 35.6 Å². The number of nitrogen functional groups attached to an aromatic ring is 1. The third kappa shape index (κ3) is 3.24. The molecule has 0 spiro atoms. The van der Waals surface area contributed by atoms with E-state index in [1.807, 2.05) is 30.0 Å². The maximum absolute atomic E-state index is 16.4. The van der Waals surface area contributed by atoms with Crippen LogP contribution in [-0.2, 0) is 18.0 Å². The van der Waals surface area contributed by atoms with Crippen LogP contribution in [0.15, 0.2) is 12.4 Å². The number of likely N-dealkylation sites (N-methyl/N-ethyl adjacent to an activating group) is 1. The van der Waals surface area contributed by atoms with Crippen LogP contribution >= 0.6 is 11.3 Å². The molecule has 1 fully saturated rings. The Kier molecular flexibility index (Phi) is 5.27. The minimum Gasteiger partial charge on any atom is -0.390 e. The molecule has 1 aromatic carbocycles. The van der Waals surface area contributed by atoms with Gasteiger partial charge in [0.2, 0.25) is 5.95 Å². The van der Waals surface area contributed by atoms with Crippen molar-refractivity contribution in [3.05, 3.63) is 40.7 Å². The Morgan fingerprint density at radius 2 is 2.00 bits per heavy atom. The molecule has 12 heteroatoms. The predicted octanol–water partition coefficient (Wildman–Crippen LogP) is 2.78. The summed E-state index contributed by atoms with van der Waals surface area (Å²) in [5.74, 6) is -0.992. The van der Waals surface area contributed by atoms with Crippen molar-refractivity contribution in [2.45, 2.75) is 25.4 Å². The van der Waals surface area contributed by atoms with Crippen molar-refractivity contribution in [2.75, 3.05) is 37.8 Å². The van der Waals surface area contributed by atoms with Gasteiger partial charge in [-0.1, -0.05) is 0 Å². The molecule has 0 amide bonds. The highest BCUT2D eigenvalue weighted by molar-refractivity contribution is 7.23. The van der Waals surface area contributed by atoms with Crippen molar-refractivity contribution in [1.29, 1.82) is 5.26 Å². The van der Waals surface area contributed by atoms with E-state index in [0.717, 1.165) is 23.1 Å². The normalized spacial score (nSPS) is 19.5. The van der Waals surface area contributed by atoms with Gasteiger partial charge in [-0.15, -0.1) is 11.3 Å². The van der Waals surface area contributed by atoms with E-state index in [9.17, 15) is 14.8 Å². The van der Waals surface area contributed by atoms with Crippen LogP contribution in [0.5, 0.6) is 0 Å². The first-order valence-electron chi connectivity index (χ1n) is 11.2. The largest absolute Gasteiger partial charge is 0.390 e. The number of nitrogens with two attached hydrogens (primary N) is 1. The quantitative estimate of drug-likeness (QED) is 0.429. The minimum absolute atomic E-state index is 0.0633. The maximum atomic E-state index is 16.4. The van der Waals surface area contributed by atoms with E-state index in [1.54, 1.807) is 6.20 Å². The summed E-state index contributed by atoms with van der Waals surface area (Å²) in [4.78, 5) is 17.0. The Hall–Kier alpha value is -3.50. The molecule has 2 aliphatic heterocycles. The molecule has 36 heavy (non-hydrogen) atoms. The third-order valence-electron chi connectivity index (χ3n) is 6.94. The van der Waals surface area contributed by atoms with Crippen LogP contribution in [0.1, 0.15) is 16.7 Å². The number of rotatable bonds is 3. The highest BCUT2D eigenvalue weighted by Crippen LogP contribution is 2.45. The van der Waals surface area contributed by atoms with Gasteiger partial charge < -0.3 is 25.4 Å². The Balaban J connectivity index is 1.59. The number of nitriles is 1. The van der Waals surface area contributed by atoms with Crippen LogP contribution in [0.25, 0.3) is 32.2 Å². The van der Waals surface area contributed by atoms with Crippen LogP contribution < -0.4 is 10.6 Å². The number of aliphatic hydroxyl groups is 1. The molecule has 0 radical (unpaired) electrons. The van der Waals surface area contributed by atoms with E-state index in [2.05, 4.69) is 15.0 Å². The van der Waals surface area contributed by atoms with Gasteiger partial charge in [0.15, 0.2) is 11.6 Å². The van der Waals surface area contributed by atoms with Gasteiger partial charge in [0.05, 0.1) is 47.5 Å². The number of nitrogens with zero attached hydrogens (tertiary/aromatic N) is 6. The maximum Gasteiger partial charge on any atom is 0.226 e. The topological polar surface area (TPSA) is 124 Å². The monoisotopic (exact) mass is 509 g/mol. The molecule has 4 aromatic rings. The number of hydrogen-bond acceptors (Lipinski definition) is 10. The molecule has 3 N–H and O–H groups in total. The lowest BCUT2D eigenvalue weighted by molar-refractivity contribution is 0.114. The number of halogens is 2. The molecular formula is C24H21F2N7O2S. The molecular weight excluding hydrogens is 488 g/mol. The highest BCUT2D eigenvalue weighted by atomic mass is 32.1. The number of β-amino-alcohol motifs (C(OH)–C–C–N with tert-alkyl or cyclic N) is 1. The number of benzene rings is 1. The van der Waals surface area contributed by atoms with E-state index < -0.39 is 17.7 Å². The molecule has 3 aromatic heterocycles. The second-order valence-electron chi connectivity index (χ2n) is 9.19. The molecule has 184 valence electrons. The Labute approximate surface area is 208 Å². The Morgan fingerprint density at radius 3 is 2.72 bits per heavy atom. The fraction of sp³-hybridized carbons (Fsp3) is 0.333. The first-order valence-corrected chi connectivity index (χ1v) is 12.1. The second kappa shape index (κ2) is 8.28. The van der Waals surface area contributed by atoms with Crippen molar-refractivity contribution < 1.29 is 18.6 Å². The number of ether oxygens (including phenoxy) is 1. The molecule has 5 heterocycles. The van der Waals surface area contributed by atoms with E-state index in [1.165, 1.54) is 0 Å². The van der Waals surface area contributed by atoms with Crippen molar-refractivity contribution in [3.63, 3.8) is 0 Å². The van der Waals surface area contributed by atoms with Gasteiger partial charge >= 0.3 is 0 Å². The van der Waals surface area contributed by atoms with E-state index in [-0.39, 0.29) is 56.7 Å². The molecule has 2 atom stereocenters. The van der Waals surface area contributed by atoms with E-state index in [0.29, 0.717) is 30.0 Å². The van der Waals surface area contributed by atoms with Gasteiger partial charge in [0.25, 0.3) is 0 Å². The zero-order valence-corrected chi connectivity index (χ0v) is 20.2. The van der Waals surface area contributed by atoms with Crippen LogP contribution in [0, 0.1) is 23.0 Å². The molecule has 0 aliphatic carbocycles. The standard InChI is InChI=1S/C24H21F2N7O2S/c1-32(2)15-6-33(7-16(15)34)24-30-4-11-12-8-35-9-13(12)17(19(26)20(11)31-24)21-18-10(3-27)23(28)36-22(18)14(25)5-29-21/h4-5,15-16,34H,6-9,28H2,1-2H3/t15-,16-/m1/s1. The van der Waals surface area contributed by atoms with Gasteiger partial charge in [-0.2, -0.15) is 5.26 Å². The van der Waals surface area contributed by atoms with Crippen molar-refractivity contribution in [2.24, 2.45) is 0 Å². The van der Waals surface area contributed by atoms with Crippen LogP contribution in [0.3, 0.4) is 0 Å². The lowest BCUT2D eigenvalue weighted by atomic mass is 9.94. The summed E-state index contributed by atoms with van der Waals surface area (Å²) < 4.78 is 36.8.